The fourth-order valence-corrected chi connectivity index (χ4v) is 2.58. The summed E-state index contributed by atoms with van der Waals surface area (Å²) in [6.45, 7) is 5.51. The zero-order chi connectivity index (χ0) is 11.4. The highest BCUT2D eigenvalue weighted by Crippen LogP contribution is 2.41. The van der Waals surface area contributed by atoms with E-state index in [2.05, 4.69) is 15.9 Å². The van der Waals surface area contributed by atoms with E-state index in [4.69, 9.17) is 0 Å². The van der Waals surface area contributed by atoms with Crippen molar-refractivity contribution >= 4 is 21.7 Å². The summed E-state index contributed by atoms with van der Waals surface area (Å²) in [5.41, 5.74) is 1.67. The highest BCUT2D eigenvalue weighted by molar-refractivity contribution is 9.10. The molecule has 0 aromatic heterocycles. The Morgan fingerprint density at radius 3 is 2.67 bits per heavy atom. The molecule has 0 aliphatic heterocycles. The second kappa shape index (κ2) is 3.14. The third-order valence-corrected chi connectivity index (χ3v) is 4.10. The van der Waals surface area contributed by atoms with Crippen molar-refractivity contribution in [2.24, 2.45) is 5.41 Å². The smallest absolute Gasteiger partial charge is 0.169 e. The molecule has 0 N–H and O–H groups in total. The molecule has 3 heteroatoms. The first-order chi connectivity index (χ1) is 6.84. The van der Waals surface area contributed by atoms with E-state index in [0.29, 0.717) is 17.5 Å². The molecule has 0 unspecified atom stereocenters. The lowest BCUT2D eigenvalue weighted by Gasteiger charge is -2.13. The molecule has 0 saturated heterocycles. The number of hydrogen-bond acceptors (Lipinski definition) is 1. The molecule has 0 bridgehead atoms. The molecular weight excluding hydrogens is 259 g/mol. The number of carbonyl (C=O) groups is 1. The van der Waals surface area contributed by atoms with Crippen molar-refractivity contribution < 1.29 is 9.18 Å². The first-order valence-electron chi connectivity index (χ1n) is 4.87. The Morgan fingerprint density at radius 1 is 1.47 bits per heavy atom. The van der Waals surface area contributed by atoms with Crippen LogP contribution < -0.4 is 0 Å². The minimum absolute atomic E-state index is 0.0390. The van der Waals surface area contributed by atoms with E-state index in [1.165, 1.54) is 6.07 Å². The Bertz CT molecular complexity index is 463. The van der Waals surface area contributed by atoms with Crippen LogP contribution in [0.3, 0.4) is 0 Å². The molecule has 0 amide bonds. The minimum Gasteiger partial charge on any atom is -0.294 e. The number of hydrogen-bond donors (Lipinski definition) is 0. The van der Waals surface area contributed by atoms with Crippen molar-refractivity contribution in [2.45, 2.75) is 27.2 Å². The highest BCUT2D eigenvalue weighted by atomic mass is 79.9. The number of fused-ring (bicyclic) bond motifs is 1. The summed E-state index contributed by atoms with van der Waals surface area (Å²) < 4.78 is 14.2. The van der Waals surface area contributed by atoms with E-state index in [0.717, 1.165) is 10.0 Å². The van der Waals surface area contributed by atoms with Crippen LogP contribution in [0.25, 0.3) is 0 Å². The molecule has 15 heavy (non-hydrogen) atoms. The third kappa shape index (κ3) is 1.44. The quantitative estimate of drug-likeness (QED) is 0.703. The van der Waals surface area contributed by atoms with E-state index in [-0.39, 0.29) is 11.6 Å². The van der Waals surface area contributed by atoms with Gasteiger partial charge in [0, 0.05) is 15.5 Å². The molecule has 0 heterocycles. The van der Waals surface area contributed by atoms with Crippen LogP contribution in [0.5, 0.6) is 0 Å². The first-order valence-corrected chi connectivity index (χ1v) is 5.66. The van der Waals surface area contributed by atoms with Gasteiger partial charge in [0.15, 0.2) is 5.78 Å². The number of carbonyl (C=O) groups excluding carboxylic acids is 1. The minimum atomic E-state index is -0.398. The Labute approximate surface area is 96.8 Å². The average molecular weight is 271 g/mol. The van der Waals surface area contributed by atoms with Crippen molar-refractivity contribution in [1.29, 1.82) is 0 Å². The van der Waals surface area contributed by atoms with Crippen molar-refractivity contribution in [2.75, 3.05) is 0 Å². The van der Waals surface area contributed by atoms with Crippen LogP contribution in [-0.2, 0) is 6.42 Å². The van der Waals surface area contributed by atoms with Gasteiger partial charge in [-0.05, 0) is 30.5 Å². The SMILES string of the molecule is Cc1c(F)cc2c(c1Br)CC(C)(C)C2=O. The lowest BCUT2D eigenvalue weighted by atomic mass is 9.89. The van der Waals surface area contributed by atoms with Crippen LogP contribution in [0.2, 0.25) is 0 Å². The van der Waals surface area contributed by atoms with Gasteiger partial charge in [-0.25, -0.2) is 4.39 Å². The van der Waals surface area contributed by atoms with Crippen LogP contribution in [0.1, 0.15) is 35.3 Å². The van der Waals surface area contributed by atoms with E-state index in [1.807, 2.05) is 13.8 Å². The summed E-state index contributed by atoms with van der Waals surface area (Å²) in [5, 5.41) is 0. The predicted molar refractivity (Wildman–Crippen MR) is 60.7 cm³/mol. The van der Waals surface area contributed by atoms with Gasteiger partial charge in [0.05, 0.1) is 0 Å². The maximum Gasteiger partial charge on any atom is 0.169 e. The molecule has 1 nitrogen and oxygen atoms in total. The second-order valence-electron chi connectivity index (χ2n) is 4.71. The Morgan fingerprint density at radius 2 is 2.07 bits per heavy atom. The van der Waals surface area contributed by atoms with Crippen molar-refractivity contribution in [3.8, 4) is 0 Å². The summed E-state index contributed by atoms with van der Waals surface area (Å²) in [4.78, 5) is 11.9. The largest absolute Gasteiger partial charge is 0.294 e. The molecular formula is C12H12BrFO. The van der Waals surface area contributed by atoms with Gasteiger partial charge < -0.3 is 0 Å². The van der Waals surface area contributed by atoms with Crippen LogP contribution >= 0.6 is 15.9 Å². The molecule has 2 rings (SSSR count). The van der Waals surface area contributed by atoms with Gasteiger partial charge in [-0.15, -0.1) is 0 Å². The number of Topliss-reactive ketones (excluding diaryl/α,β-unsaturated/α-hetero) is 1. The zero-order valence-corrected chi connectivity index (χ0v) is 10.5. The summed E-state index contributed by atoms with van der Waals surface area (Å²) in [5.74, 6) is -0.274. The molecule has 1 aliphatic carbocycles. The molecule has 0 atom stereocenters. The fourth-order valence-electron chi connectivity index (χ4n) is 2.03. The van der Waals surface area contributed by atoms with Crippen LogP contribution in [0.15, 0.2) is 10.5 Å². The molecule has 0 spiro atoms. The van der Waals surface area contributed by atoms with Gasteiger partial charge in [0.2, 0.25) is 0 Å². The molecule has 0 fully saturated rings. The topological polar surface area (TPSA) is 17.1 Å². The van der Waals surface area contributed by atoms with Gasteiger partial charge >= 0.3 is 0 Å². The summed E-state index contributed by atoms with van der Waals surface area (Å²) in [7, 11) is 0. The van der Waals surface area contributed by atoms with E-state index >= 15 is 0 Å². The predicted octanol–water partition coefficient (Wildman–Crippen LogP) is 3.66. The number of halogens is 2. The Balaban J connectivity index is 2.71. The highest BCUT2D eigenvalue weighted by Gasteiger charge is 2.39. The van der Waals surface area contributed by atoms with E-state index in [9.17, 15) is 9.18 Å². The van der Waals surface area contributed by atoms with Crippen molar-refractivity contribution in [3.05, 3.63) is 33.0 Å². The van der Waals surface area contributed by atoms with Gasteiger partial charge in [0.1, 0.15) is 5.82 Å². The summed E-state index contributed by atoms with van der Waals surface area (Å²) in [6, 6.07) is 1.37. The maximum atomic E-state index is 13.5. The molecule has 80 valence electrons. The maximum absolute atomic E-state index is 13.5. The monoisotopic (exact) mass is 270 g/mol. The van der Waals surface area contributed by atoms with Gasteiger partial charge in [-0.1, -0.05) is 29.8 Å². The third-order valence-electron chi connectivity index (χ3n) is 3.03. The second-order valence-corrected chi connectivity index (χ2v) is 5.51. The number of benzene rings is 1. The van der Waals surface area contributed by atoms with E-state index in [1.54, 1.807) is 6.92 Å². The zero-order valence-electron chi connectivity index (χ0n) is 8.95. The molecule has 1 aromatic rings. The van der Waals surface area contributed by atoms with Crippen molar-refractivity contribution in [3.63, 3.8) is 0 Å². The van der Waals surface area contributed by atoms with E-state index < -0.39 is 5.41 Å². The molecule has 1 aromatic carbocycles. The summed E-state index contributed by atoms with van der Waals surface area (Å²) in [6.07, 6.45) is 0.683. The van der Waals surface area contributed by atoms with Crippen LogP contribution in [0.4, 0.5) is 4.39 Å². The first kappa shape index (κ1) is 10.8. The average Bonchev–Trinajstić information content (AvgIpc) is 2.38. The Hall–Kier alpha value is -0.700. The van der Waals surface area contributed by atoms with Crippen LogP contribution in [-0.4, -0.2) is 5.78 Å². The molecule has 1 aliphatic rings. The lowest BCUT2D eigenvalue weighted by Crippen LogP contribution is -2.18. The van der Waals surface area contributed by atoms with Crippen LogP contribution in [0, 0.1) is 18.2 Å². The standard InChI is InChI=1S/C12H12BrFO/c1-6-9(14)4-7-8(10(6)13)5-12(2,3)11(7)15/h4H,5H2,1-3H3. The van der Waals surface area contributed by atoms with Gasteiger partial charge in [0.25, 0.3) is 0 Å². The number of ketones is 1. The molecule has 0 radical (unpaired) electrons. The fraction of sp³-hybridized carbons (Fsp3) is 0.417. The normalized spacial score (nSPS) is 18.1. The summed E-state index contributed by atoms with van der Waals surface area (Å²) >= 11 is 3.37. The lowest BCUT2D eigenvalue weighted by molar-refractivity contribution is 0.0863. The van der Waals surface area contributed by atoms with Gasteiger partial charge in [-0.2, -0.15) is 0 Å². The number of rotatable bonds is 0. The Kier molecular flexibility index (Phi) is 2.26. The van der Waals surface area contributed by atoms with Crippen molar-refractivity contribution in [1.82, 2.24) is 0 Å². The molecule has 0 saturated carbocycles. The van der Waals surface area contributed by atoms with Gasteiger partial charge in [-0.3, -0.25) is 4.79 Å².